The average molecular weight is 367 g/mol. The fourth-order valence-electron chi connectivity index (χ4n) is 2.89. The van der Waals surface area contributed by atoms with E-state index in [4.69, 9.17) is 16.3 Å². The van der Waals surface area contributed by atoms with Crippen LogP contribution in [0.3, 0.4) is 0 Å². The summed E-state index contributed by atoms with van der Waals surface area (Å²) in [6.45, 7) is 2.10. The van der Waals surface area contributed by atoms with E-state index >= 15 is 0 Å². The quantitative estimate of drug-likeness (QED) is 0.847. The van der Waals surface area contributed by atoms with Crippen LogP contribution in [0.1, 0.15) is 29.7 Å². The summed E-state index contributed by atoms with van der Waals surface area (Å²) in [5, 5.41) is 4.11. The first kappa shape index (κ1) is 14.9. The van der Waals surface area contributed by atoms with Gasteiger partial charge in [0.1, 0.15) is 11.9 Å². The van der Waals surface area contributed by atoms with E-state index in [1.165, 1.54) is 11.1 Å². The second kappa shape index (κ2) is 5.99. The molecule has 2 unspecified atom stereocenters. The van der Waals surface area contributed by atoms with Crippen molar-refractivity contribution >= 4 is 27.5 Å². The molecule has 2 nitrogen and oxygen atoms in total. The normalized spacial score (nSPS) is 18.2. The van der Waals surface area contributed by atoms with E-state index < -0.39 is 0 Å². The van der Waals surface area contributed by atoms with Crippen molar-refractivity contribution < 1.29 is 4.74 Å². The van der Waals surface area contributed by atoms with Crippen LogP contribution in [0.15, 0.2) is 40.9 Å². The molecule has 0 aliphatic carbocycles. The molecule has 0 saturated carbocycles. The molecule has 0 aromatic heterocycles. The van der Waals surface area contributed by atoms with E-state index in [-0.39, 0.29) is 12.1 Å². The number of fused-ring (bicyclic) bond motifs is 1. The van der Waals surface area contributed by atoms with Gasteiger partial charge in [0.2, 0.25) is 0 Å². The number of hydrogen-bond donors (Lipinski definition) is 1. The molecule has 1 heterocycles. The van der Waals surface area contributed by atoms with Crippen LogP contribution < -0.4 is 10.1 Å². The number of benzene rings is 2. The van der Waals surface area contributed by atoms with Crippen molar-refractivity contribution in [1.82, 2.24) is 5.32 Å². The van der Waals surface area contributed by atoms with Gasteiger partial charge in [0.05, 0.1) is 6.04 Å². The molecule has 0 fully saturated rings. The smallest absolute Gasteiger partial charge is 0.123 e. The average Bonchev–Trinajstić information content (AvgIpc) is 2.78. The fourth-order valence-corrected chi connectivity index (χ4v) is 3.78. The lowest BCUT2D eigenvalue weighted by molar-refractivity contribution is 0.254. The Labute approximate surface area is 138 Å². The zero-order valence-electron chi connectivity index (χ0n) is 12.0. The molecule has 2 atom stereocenters. The largest absolute Gasteiger partial charge is 0.490 e. The van der Waals surface area contributed by atoms with Crippen LogP contribution in [0.2, 0.25) is 5.02 Å². The second-order valence-electron chi connectivity index (χ2n) is 5.42. The molecule has 0 saturated heterocycles. The van der Waals surface area contributed by atoms with Gasteiger partial charge in [-0.1, -0.05) is 39.7 Å². The van der Waals surface area contributed by atoms with Gasteiger partial charge in [0.15, 0.2) is 0 Å². The molecular formula is C17H17BrClNO. The molecule has 1 aliphatic heterocycles. The maximum Gasteiger partial charge on any atom is 0.123 e. The van der Waals surface area contributed by atoms with Crippen LogP contribution in [0.5, 0.6) is 5.75 Å². The first-order valence-electron chi connectivity index (χ1n) is 6.99. The molecule has 0 amide bonds. The third-order valence-corrected chi connectivity index (χ3v) is 4.44. The maximum absolute atomic E-state index is 6.17. The van der Waals surface area contributed by atoms with Gasteiger partial charge in [-0.3, -0.25) is 0 Å². The fraction of sp³-hybridized carbons (Fsp3) is 0.294. The molecule has 0 spiro atoms. The molecule has 0 radical (unpaired) electrons. The van der Waals surface area contributed by atoms with E-state index in [9.17, 15) is 0 Å². The summed E-state index contributed by atoms with van der Waals surface area (Å²) >= 11 is 9.68. The van der Waals surface area contributed by atoms with Gasteiger partial charge in [-0.05, 0) is 54.9 Å². The lowest BCUT2D eigenvalue weighted by atomic mass is 9.96. The third kappa shape index (κ3) is 3.10. The van der Waals surface area contributed by atoms with E-state index in [2.05, 4.69) is 52.4 Å². The summed E-state index contributed by atoms with van der Waals surface area (Å²) in [4.78, 5) is 0. The van der Waals surface area contributed by atoms with Crippen molar-refractivity contribution in [2.24, 2.45) is 0 Å². The molecule has 2 aromatic carbocycles. The minimum absolute atomic E-state index is 0.112. The van der Waals surface area contributed by atoms with Gasteiger partial charge in [-0.15, -0.1) is 0 Å². The SMILES string of the molecule is CNC(c1cc(Cl)cc(Br)c1)c1ccc2c(c1)CC(C)O2. The summed E-state index contributed by atoms with van der Waals surface area (Å²) in [7, 11) is 1.96. The third-order valence-electron chi connectivity index (χ3n) is 3.76. The Kier molecular flexibility index (Phi) is 4.25. The predicted octanol–water partition coefficient (Wildman–Crippen LogP) is 4.73. The van der Waals surface area contributed by atoms with Crippen molar-refractivity contribution in [2.75, 3.05) is 7.05 Å². The zero-order chi connectivity index (χ0) is 15.0. The summed E-state index contributed by atoms with van der Waals surface area (Å²) < 4.78 is 6.76. The van der Waals surface area contributed by atoms with E-state index in [1.54, 1.807) is 0 Å². The zero-order valence-corrected chi connectivity index (χ0v) is 14.3. The Morgan fingerprint density at radius 2 is 2.05 bits per heavy atom. The van der Waals surface area contributed by atoms with Crippen LogP contribution in [0.25, 0.3) is 0 Å². The molecule has 1 N–H and O–H groups in total. The summed E-state index contributed by atoms with van der Waals surface area (Å²) in [6, 6.07) is 12.5. The van der Waals surface area contributed by atoms with Crippen LogP contribution in [0.4, 0.5) is 0 Å². The van der Waals surface area contributed by atoms with Gasteiger partial charge in [0.25, 0.3) is 0 Å². The topological polar surface area (TPSA) is 21.3 Å². The van der Waals surface area contributed by atoms with Gasteiger partial charge in [0, 0.05) is 15.9 Å². The number of halogens is 2. The van der Waals surface area contributed by atoms with Crippen LogP contribution >= 0.6 is 27.5 Å². The maximum atomic E-state index is 6.17. The molecule has 2 aromatic rings. The van der Waals surface area contributed by atoms with Gasteiger partial charge >= 0.3 is 0 Å². The first-order valence-corrected chi connectivity index (χ1v) is 8.16. The number of ether oxygens (including phenoxy) is 1. The van der Waals surface area contributed by atoms with E-state index in [1.807, 2.05) is 19.2 Å². The van der Waals surface area contributed by atoms with Crippen molar-refractivity contribution in [2.45, 2.75) is 25.5 Å². The predicted molar refractivity (Wildman–Crippen MR) is 90.3 cm³/mol. The Hall–Kier alpha value is -1.03. The van der Waals surface area contributed by atoms with E-state index in [0.717, 1.165) is 27.2 Å². The molecule has 4 heteroatoms. The highest BCUT2D eigenvalue weighted by Gasteiger charge is 2.21. The minimum Gasteiger partial charge on any atom is -0.490 e. The summed E-state index contributed by atoms with van der Waals surface area (Å²) in [6.07, 6.45) is 1.24. The Balaban J connectivity index is 1.99. The Morgan fingerprint density at radius 1 is 1.24 bits per heavy atom. The minimum atomic E-state index is 0.112. The molecule has 21 heavy (non-hydrogen) atoms. The van der Waals surface area contributed by atoms with Crippen molar-refractivity contribution in [3.8, 4) is 5.75 Å². The summed E-state index contributed by atoms with van der Waals surface area (Å²) in [5.41, 5.74) is 3.65. The standard InChI is InChI=1S/C17H17BrClNO/c1-10-5-12-6-11(3-4-16(12)21-10)17(20-2)13-7-14(18)9-15(19)8-13/h3-4,6-10,17,20H,5H2,1-2H3. The Bertz CT molecular complexity index is 654. The Morgan fingerprint density at radius 3 is 2.76 bits per heavy atom. The molecule has 110 valence electrons. The van der Waals surface area contributed by atoms with Crippen LogP contribution in [-0.4, -0.2) is 13.2 Å². The van der Waals surface area contributed by atoms with Gasteiger partial charge < -0.3 is 10.1 Å². The highest BCUT2D eigenvalue weighted by molar-refractivity contribution is 9.10. The molecular weight excluding hydrogens is 350 g/mol. The van der Waals surface area contributed by atoms with Crippen LogP contribution in [0, 0.1) is 0 Å². The number of rotatable bonds is 3. The van der Waals surface area contributed by atoms with Crippen LogP contribution in [-0.2, 0) is 6.42 Å². The summed E-state index contributed by atoms with van der Waals surface area (Å²) in [5.74, 6) is 1.01. The lowest BCUT2D eigenvalue weighted by Crippen LogP contribution is -2.17. The first-order chi connectivity index (χ1) is 10.1. The highest BCUT2D eigenvalue weighted by atomic mass is 79.9. The lowest BCUT2D eigenvalue weighted by Gasteiger charge is -2.18. The van der Waals surface area contributed by atoms with Crippen molar-refractivity contribution in [1.29, 1.82) is 0 Å². The molecule has 0 bridgehead atoms. The monoisotopic (exact) mass is 365 g/mol. The van der Waals surface area contributed by atoms with E-state index in [0.29, 0.717) is 0 Å². The highest BCUT2D eigenvalue weighted by Crippen LogP contribution is 2.34. The van der Waals surface area contributed by atoms with Crippen molar-refractivity contribution in [3.63, 3.8) is 0 Å². The number of nitrogens with one attached hydrogen (secondary N) is 1. The van der Waals surface area contributed by atoms with Gasteiger partial charge in [-0.25, -0.2) is 0 Å². The molecule has 1 aliphatic rings. The second-order valence-corrected chi connectivity index (χ2v) is 6.78. The number of hydrogen-bond acceptors (Lipinski definition) is 2. The van der Waals surface area contributed by atoms with Crippen molar-refractivity contribution in [3.05, 3.63) is 62.6 Å². The van der Waals surface area contributed by atoms with Gasteiger partial charge in [-0.2, -0.15) is 0 Å². The molecule has 3 rings (SSSR count).